The maximum absolute atomic E-state index is 11.6. The Morgan fingerprint density at radius 3 is 2.55 bits per heavy atom. The van der Waals surface area contributed by atoms with Gasteiger partial charge in [0.15, 0.2) is 0 Å². The van der Waals surface area contributed by atoms with Crippen LogP contribution in [0.3, 0.4) is 0 Å². The van der Waals surface area contributed by atoms with E-state index in [1.54, 1.807) is 0 Å². The number of carboxylic acids is 1. The first kappa shape index (κ1) is 17.4. The van der Waals surface area contributed by atoms with Crippen molar-refractivity contribution >= 4 is 5.97 Å². The van der Waals surface area contributed by atoms with Gasteiger partial charge in [0.25, 0.3) is 0 Å². The molecule has 4 nitrogen and oxygen atoms in total. The number of nitrogens with zero attached hydrogens (tertiary/aromatic N) is 1. The fraction of sp³-hybridized carbons (Fsp3) is 0.938. The first-order valence-corrected chi connectivity index (χ1v) is 8.21. The second-order valence-electron chi connectivity index (χ2n) is 6.33. The second-order valence-corrected chi connectivity index (χ2v) is 6.33. The molecule has 0 radical (unpaired) electrons. The number of hydrogen-bond donors (Lipinski definition) is 2. The third-order valence-corrected chi connectivity index (χ3v) is 4.66. The zero-order chi connectivity index (χ0) is 15.0. The Morgan fingerprint density at radius 1 is 1.40 bits per heavy atom. The molecule has 0 spiro atoms. The Bertz CT molecular complexity index is 292. The van der Waals surface area contributed by atoms with Crippen LogP contribution < -0.4 is 5.32 Å². The highest BCUT2D eigenvalue weighted by Gasteiger charge is 2.35. The smallest absolute Gasteiger partial charge is 0.323 e. The molecule has 0 heterocycles. The molecule has 4 heteroatoms. The molecule has 0 amide bonds. The van der Waals surface area contributed by atoms with Crippen LogP contribution in [0.2, 0.25) is 0 Å². The van der Waals surface area contributed by atoms with Gasteiger partial charge in [-0.1, -0.05) is 20.3 Å². The zero-order valence-electron chi connectivity index (χ0n) is 13.5. The van der Waals surface area contributed by atoms with Crippen LogP contribution in [0.25, 0.3) is 0 Å². The average molecular weight is 284 g/mol. The van der Waals surface area contributed by atoms with Crippen LogP contribution in [0.1, 0.15) is 58.8 Å². The summed E-state index contributed by atoms with van der Waals surface area (Å²) in [5.41, 5.74) is -0.729. The zero-order valence-corrected chi connectivity index (χ0v) is 13.5. The van der Waals surface area contributed by atoms with Crippen molar-refractivity contribution in [3.8, 4) is 0 Å². The van der Waals surface area contributed by atoms with E-state index in [1.807, 2.05) is 6.92 Å². The molecule has 1 saturated carbocycles. The van der Waals surface area contributed by atoms with E-state index in [4.69, 9.17) is 0 Å². The summed E-state index contributed by atoms with van der Waals surface area (Å²) in [6.07, 6.45) is 7.41. The molecule has 2 N–H and O–H groups in total. The van der Waals surface area contributed by atoms with Crippen LogP contribution in [0.4, 0.5) is 0 Å². The Labute approximate surface area is 123 Å². The summed E-state index contributed by atoms with van der Waals surface area (Å²) in [5.74, 6) is 0.184. The van der Waals surface area contributed by atoms with E-state index in [2.05, 4.69) is 24.2 Å². The van der Waals surface area contributed by atoms with Crippen LogP contribution in [-0.4, -0.2) is 48.2 Å². The molecule has 0 bridgehead atoms. The van der Waals surface area contributed by atoms with E-state index in [9.17, 15) is 9.90 Å². The summed E-state index contributed by atoms with van der Waals surface area (Å²) in [6, 6.07) is 0. The highest BCUT2D eigenvalue weighted by molar-refractivity contribution is 5.78. The van der Waals surface area contributed by atoms with Gasteiger partial charge in [-0.15, -0.1) is 0 Å². The number of nitrogens with one attached hydrogen (secondary N) is 1. The lowest BCUT2D eigenvalue weighted by Gasteiger charge is -2.32. The van der Waals surface area contributed by atoms with E-state index in [0.29, 0.717) is 12.8 Å². The lowest BCUT2D eigenvalue weighted by atomic mass is 9.85. The maximum Gasteiger partial charge on any atom is 0.323 e. The van der Waals surface area contributed by atoms with Gasteiger partial charge in [0.2, 0.25) is 0 Å². The normalized spacial score (nSPS) is 18.8. The summed E-state index contributed by atoms with van der Waals surface area (Å²) in [6.45, 7) is 6.99. The van der Waals surface area contributed by atoms with Crippen molar-refractivity contribution in [1.82, 2.24) is 10.2 Å². The molecule has 118 valence electrons. The van der Waals surface area contributed by atoms with Gasteiger partial charge in [0, 0.05) is 6.54 Å². The van der Waals surface area contributed by atoms with E-state index in [0.717, 1.165) is 31.8 Å². The topological polar surface area (TPSA) is 52.6 Å². The first-order valence-electron chi connectivity index (χ1n) is 8.21. The van der Waals surface area contributed by atoms with E-state index < -0.39 is 11.5 Å². The van der Waals surface area contributed by atoms with Gasteiger partial charge in [-0.05, 0) is 64.6 Å². The van der Waals surface area contributed by atoms with Crippen LogP contribution in [0.15, 0.2) is 0 Å². The molecule has 1 fully saturated rings. The molecule has 0 aromatic heterocycles. The van der Waals surface area contributed by atoms with E-state index >= 15 is 0 Å². The van der Waals surface area contributed by atoms with Crippen molar-refractivity contribution in [3.63, 3.8) is 0 Å². The molecule has 1 aliphatic rings. The molecular weight excluding hydrogens is 252 g/mol. The van der Waals surface area contributed by atoms with Gasteiger partial charge in [0.1, 0.15) is 5.54 Å². The molecule has 0 aromatic rings. The van der Waals surface area contributed by atoms with Crippen molar-refractivity contribution in [2.75, 3.05) is 26.7 Å². The molecular formula is C16H32N2O2. The molecule has 1 unspecified atom stereocenters. The minimum atomic E-state index is -0.729. The van der Waals surface area contributed by atoms with Crippen molar-refractivity contribution < 1.29 is 9.90 Å². The molecule has 1 rings (SSSR count). The Morgan fingerprint density at radius 2 is 2.10 bits per heavy atom. The van der Waals surface area contributed by atoms with Gasteiger partial charge in [0.05, 0.1) is 0 Å². The lowest BCUT2D eigenvalue weighted by Crippen LogP contribution is -2.52. The van der Waals surface area contributed by atoms with Crippen LogP contribution >= 0.6 is 0 Å². The van der Waals surface area contributed by atoms with Crippen molar-refractivity contribution in [3.05, 3.63) is 0 Å². The van der Waals surface area contributed by atoms with Crippen molar-refractivity contribution in [2.45, 2.75) is 64.3 Å². The largest absolute Gasteiger partial charge is 0.480 e. The summed E-state index contributed by atoms with van der Waals surface area (Å²) in [7, 11) is 2.16. The third kappa shape index (κ3) is 5.06. The molecule has 0 aromatic carbocycles. The van der Waals surface area contributed by atoms with E-state index in [1.165, 1.54) is 25.8 Å². The summed E-state index contributed by atoms with van der Waals surface area (Å²) < 4.78 is 0. The van der Waals surface area contributed by atoms with Gasteiger partial charge in [-0.2, -0.15) is 0 Å². The average Bonchev–Trinajstić information content (AvgIpc) is 2.38. The molecule has 0 aliphatic heterocycles. The van der Waals surface area contributed by atoms with Gasteiger partial charge in [-0.25, -0.2) is 0 Å². The minimum Gasteiger partial charge on any atom is -0.480 e. The predicted molar refractivity (Wildman–Crippen MR) is 83.0 cm³/mol. The van der Waals surface area contributed by atoms with Crippen molar-refractivity contribution in [2.24, 2.45) is 5.92 Å². The predicted octanol–water partition coefficient (Wildman–Crippen LogP) is 2.73. The van der Waals surface area contributed by atoms with E-state index in [-0.39, 0.29) is 0 Å². The lowest BCUT2D eigenvalue weighted by molar-refractivity contribution is -0.145. The van der Waals surface area contributed by atoms with Gasteiger partial charge in [-0.3, -0.25) is 4.79 Å². The monoisotopic (exact) mass is 284 g/mol. The van der Waals surface area contributed by atoms with Crippen molar-refractivity contribution in [1.29, 1.82) is 0 Å². The highest BCUT2D eigenvalue weighted by Crippen LogP contribution is 2.27. The standard InChI is InChI=1S/C16H32N2O2/c1-4-11-17-16(5-2,15(19)20)10-7-12-18(3)13-14-8-6-9-14/h14,17H,4-13H2,1-3H3,(H,19,20). The maximum atomic E-state index is 11.6. The Balaban J connectivity index is 2.34. The molecule has 1 aliphatic carbocycles. The number of aliphatic carboxylic acids is 1. The molecule has 20 heavy (non-hydrogen) atoms. The first-order chi connectivity index (χ1) is 9.54. The van der Waals surface area contributed by atoms with Gasteiger partial charge < -0.3 is 15.3 Å². The molecule has 1 atom stereocenters. The minimum absolute atomic E-state index is 0.647. The quantitative estimate of drug-likeness (QED) is 0.612. The van der Waals surface area contributed by atoms with Crippen LogP contribution in [-0.2, 0) is 4.79 Å². The molecule has 0 saturated heterocycles. The number of hydrogen-bond acceptors (Lipinski definition) is 3. The highest BCUT2D eigenvalue weighted by atomic mass is 16.4. The van der Waals surface area contributed by atoms with Gasteiger partial charge >= 0.3 is 5.97 Å². The van der Waals surface area contributed by atoms with Crippen LogP contribution in [0, 0.1) is 5.92 Å². The Kier molecular flexibility index (Phi) is 7.52. The Hall–Kier alpha value is -0.610. The summed E-state index contributed by atoms with van der Waals surface area (Å²) >= 11 is 0. The second kappa shape index (κ2) is 8.63. The third-order valence-electron chi connectivity index (χ3n) is 4.66. The fourth-order valence-corrected chi connectivity index (χ4v) is 2.95. The van der Waals surface area contributed by atoms with Crippen LogP contribution in [0.5, 0.6) is 0 Å². The summed E-state index contributed by atoms with van der Waals surface area (Å²) in [4.78, 5) is 14.0. The number of carboxylic acid groups (broad SMARTS) is 1. The number of rotatable bonds is 11. The summed E-state index contributed by atoms with van der Waals surface area (Å²) in [5, 5.41) is 12.8. The number of carbonyl (C=O) groups is 1. The fourth-order valence-electron chi connectivity index (χ4n) is 2.95. The SMILES string of the molecule is CCCNC(CC)(CCCN(C)CC1CCC1)C(=O)O.